The van der Waals surface area contributed by atoms with E-state index >= 15 is 0 Å². The van der Waals surface area contributed by atoms with Crippen LogP contribution in [-0.2, 0) is 16.1 Å². The molecule has 1 amide bonds. The third-order valence-electron chi connectivity index (χ3n) is 3.75. The standard InChI is InChI=1S/C20H15ClN2O7/c21-13-6-8-16(17(10-13)23(26)27)22-19(24)12-29-20(25)18-9-7-15(30-18)11-28-14-4-2-1-3-5-14/h1-10H,11-12H2,(H,22,24). The molecule has 0 bridgehead atoms. The van der Waals surface area contributed by atoms with Gasteiger partial charge in [0.05, 0.1) is 4.92 Å². The first-order valence-electron chi connectivity index (χ1n) is 8.60. The number of hydrogen-bond acceptors (Lipinski definition) is 7. The van der Waals surface area contributed by atoms with Gasteiger partial charge in [0.15, 0.2) is 6.61 Å². The molecule has 0 saturated carbocycles. The number of nitrogens with one attached hydrogen (secondary N) is 1. The normalized spacial score (nSPS) is 10.3. The zero-order valence-corrected chi connectivity index (χ0v) is 16.1. The van der Waals surface area contributed by atoms with Gasteiger partial charge in [-0.1, -0.05) is 29.8 Å². The molecule has 0 aliphatic heterocycles. The van der Waals surface area contributed by atoms with Crippen molar-refractivity contribution in [2.75, 3.05) is 11.9 Å². The van der Waals surface area contributed by atoms with Crippen molar-refractivity contribution in [2.24, 2.45) is 0 Å². The zero-order chi connectivity index (χ0) is 21.5. The first-order chi connectivity index (χ1) is 14.4. The lowest BCUT2D eigenvalue weighted by molar-refractivity contribution is -0.383. The van der Waals surface area contributed by atoms with Gasteiger partial charge in [-0.3, -0.25) is 14.9 Å². The summed E-state index contributed by atoms with van der Waals surface area (Å²) in [6.07, 6.45) is 0. The van der Waals surface area contributed by atoms with Gasteiger partial charge in [-0.05, 0) is 36.4 Å². The molecule has 10 heteroatoms. The van der Waals surface area contributed by atoms with E-state index in [-0.39, 0.29) is 28.8 Å². The molecule has 0 aliphatic rings. The highest BCUT2D eigenvalue weighted by atomic mass is 35.5. The molecule has 154 valence electrons. The zero-order valence-electron chi connectivity index (χ0n) is 15.4. The van der Waals surface area contributed by atoms with Gasteiger partial charge >= 0.3 is 5.97 Å². The van der Waals surface area contributed by atoms with Crippen LogP contribution < -0.4 is 10.1 Å². The van der Waals surface area contributed by atoms with Crippen LogP contribution in [0.1, 0.15) is 16.3 Å². The number of esters is 1. The van der Waals surface area contributed by atoms with Gasteiger partial charge < -0.3 is 19.2 Å². The Labute approximate surface area is 175 Å². The monoisotopic (exact) mass is 430 g/mol. The van der Waals surface area contributed by atoms with Crippen LogP contribution in [0.4, 0.5) is 11.4 Å². The number of anilines is 1. The highest BCUT2D eigenvalue weighted by Gasteiger charge is 2.19. The fraction of sp³-hybridized carbons (Fsp3) is 0.100. The number of amides is 1. The fourth-order valence-corrected chi connectivity index (χ4v) is 2.55. The van der Waals surface area contributed by atoms with Crippen LogP contribution in [0.3, 0.4) is 0 Å². The van der Waals surface area contributed by atoms with Crippen LogP contribution in [-0.4, -0.2) is 23.4 Å². The van der Waals surface area contributed by atoms with Crippen molar-refractivity contribution < 1.29 is 28.4 Å². The summed E-state index contributed by atoms with van der Waals surface area (Å²) in [5, 5.41) is 13.5. The lowest BCUT2D eigenvalue weighted by Crippen LogP contribution is -2.21. The highest BCUT2D eigenvalue weighted by Crippen LogP contribution is 2.27. The Bertz CT molecular complexity index is 1070. The molecular formula is C20H15ClN2O7. The van der Waals surface area contributed by atoms with Crippen LogP contribution in [0.25, 0.3) is 0 Å². The van der Waals surface area contributed by atoms with Crippen LogP contribution in [0.5, 0.6) is 5.75 Å². The molecule has 3 rings (SSSR count). The molecule has 1 heterocycles. The third kappa shape index (κ3) is 5.58. The van der Waals surface area contributed by atoms with Crippen molar-refractivity contribution in [1.29, 1.82) is 0 Å². The number of nitrogens with zero attached hydrogens (tertiary/aromatic N) is 1. The molecule has 0 aliphatic carbocycles. The minimum atomic E-state index is -0.860. The molecule has 0 spiro atoms. The van der Waals surface area contributed by atoms with Crippen molar-refractivity contribution in [3.05, 3.63) is 87.3 Å². The highest BCUT2D eigenvalue weighted by molar-refractivity contribution is 6.31. The summed E-state index contributed by atoms with van der Waals surface area (Å²) >= 11 is 5.72. The number of nitro groups is 1. The molecule has 0 radical (unpaired) electrons. The number of halogens is 1. The Morgan fingerprint density at radius 1 is 1.10 bits per heavy atom. The quantitative estimate of drug-likeness (QED) is 0.322. The topological polar surface area (TPSA) is 121 Å². The second kappa shape index (κ2) is 9.57. The predicted molar refractivity (Wildman–Crippen MR) is 107 cm³/mol. The van der Waals surface area contributed by atoms with Gasteiger partial charge in [0.2, 0.25) is 5.76 Å². The second-order valence-electron chi connectivity index (χ2n) is 5.91. The lowest BCUT2D eigenvalue weighted by Gasteiger charge is -2.07. The summed E-state index contributed by atoms with van der Waals surface area (Å²) in [5.74, 6) is -0.681. The van der Waals surface area contributed by atoms with Gasteiger partial charge in [0.25, 0.3) is 11.6 Å². The van der Waals surface area contributed by atoms with Gasteiger partial charge in [-0.25, -0.2) is 4.79 Å². The minimum Gasteiger partial charge on any atom is -0.486 e. The Morgan fingerprint density at radius 2 is 1.87 bits per heavy atom. The Hall–Kier alpha value is -3.85. The van der Waals surface area contributed by atoms with Crippen molar-refractivity contribution >= 4 is 34.9 Å². The van der Waals surface area contributed by atoms with Gasteiger partial charge in [0, 0.05) is 11.1 Å². The van der Waals surface area contributed by atoms with Gasteiger partial charge in [-0.15, -0.1) is 0 Å². The Balaban J connectivity index is 1.51. The van der Waals surface area contributed by atoms with E-state index in [1.807, 2.05) is 18.2 Å². The van der Waals surface area contributed by atoms with E-state index in [2.05, 4.69) is 5.32 Å². The van der Waals surface area contributed by atoms with Crippen molar-refractivity contribution in [3.8, 4) is 5.75 Å². The predicted octanol–water partition coefficient (Wildman–Crippen LogP) is 4.22. The molecule has 0 saturated heterocycles. The molecular weight excluding hydrogens is 416 g/mol. The first kappa shape index (κ1) is 20.9. The van der Waals surface area contributed by atoms with Gasteiger partial charge in [0.1, 0.15) is 23.8 Å². The maximum absolute atomic E-state index is 12.0. The number of hydrogen-bond donors (Lipinski definition) is 1. The summed E-state index contributed by atoms with van der Waals surface area (Å²) in [5.41, 5.74) is -0.444. The Morgan fingerprint density at radius 3 is 2.60 bits per heavy atom. The van der Waals surface area contributed by atoms with E-state index in [1.165, 1.54) is 18.2 Å². The minimum absolute atomic E-state index is 0.0659. The second-order valence-corrected chi connectivity index (χ2v) is 6.35. The van der Waals surface area contributed by atoms with E-state index in [9.17, 15) is 19.7 Å². The van der Waals surface area contributed by atoms with Crippen molar-refractivity contribution in [1.82, 2.24) is 0 Å². The first-order valence-corrected chi connectivity index (χ1v) is 8.97. The number of ether oxygens (including phenoxy) is 2. The van der Waals surface area contributed by atoms with Crippen molar-refractivity contribution in [2.45, 2.75) is 6.61 Å². The summed E-state index contributed by atoms with van der Waals surface area (Å²) in [6.45, 7) is -0.548. The van der Waals surface area contributed by atoms with E-state index < -0.39 is 23.4 Å². The third-order valence-corrected chi connectivity index (χ3v) is 3.99. The number of furan rings is 1. The molecule has 30 heavy (non-hydrogen) atoms. The number of para-hydroxylation sites is 1. The molecule has 0 atom stereocenters. The number of nitro benzene ring substituents is 1. The molecule has 2 aromatic carbocycles. The molecule has 0 unspecified atom stereocenters. The van der Waals surface area contributed by atoms with Crippen molar-refractivity contribution in [3.63, 3.8) is 0 Å². The van der Waals surface area contributed by atoms with Crippen LogP contribution >= 0.6 is 11.6 Å². The fourth-order valence-electron chi connectivity index (χ4n) is 2.39. The molecule has 9 nitrogen and oxygen atoms in total. The molecule has 0 fully saturated rings. The maximum Gasteiger partial charge on any atom is 0.374 e. The average molecular weight is 431 g/mol. The molecule has 1 N–H and O–H groups in total. The smallest absolute Gasteiger partial charge is 0.374 e. The van der Waals surface area contributed by atoms with Gasteiger partial charge in [-0.2, -0.15) is 0 Å². The van der Waals surface area contributed by atoms with Crippen LogP contribution in [0, 0.1) is 10.1 Å². The molecule has 1 aromatic heterocycles. The van der Waals surface area contributed by atoms with E-state index in [4.69, 9.17) is 25.5 Å². The van der Waals surface area contributed by atoms with Crippen LogP contribution in [0.15, 0.2) is 65.1 Å². The van der Waals surface area contributed by atoms with E-state index in [1.54, 1.807) is 18.2 Å². The van der Waals surface area contributed by atoms with Crippen LogP contribution in [0.2, 0.25) is 5.02 Å². The SMILES string of the molecule is O=C(COC(=O)c1ccc(COc2ccccc2)o1)Nc1ccc(Cl)cc1[N+](=O)[O-]. The number of rotatable bonds is 8. The number of carbonyl (C=O) groups excluding carboxylic acids is 2. The largest absolute Gasteiger partial charge is 0.486 e. The summed E-state index contributed by atoms with van der Waals surface area (Å²) in [7, 11) is 0. The average Bonchev–Trinajstić information content (AvgIpc) is 3.21. The van der Waals surface area contributed by atoms with E-state index in [0.29, 0.717) is 11.5 Å². The maximum atomic E-state index is 12.0. The Kier molecular flexibility index (Phi) is 6.66. The number of carbonyl (C=O) groups is 2. The summed E-state index contributed by atoms with van der Waals surface area (Å²) in [6, 6.07) is 15.8. The lowest BCUT2D eigenvalue weighted by atomic mass is 10.2. The molecule has 3 aromatic rings. The van der Waals surface area contributed by atoms with E-state index in [0.717, 1.165) is 6.07 Å². The number of benzene rings is 2. The summed E-state index contributed by atoms with van der Waals surface area (Å²) < 4.78 is 15.7. The summed E-state index contributed by atoms with van der Waals surface area (Å²) in [4.78, 5) is 34.4.